The summed E-state index contributed by atoms with van der Waals surface area (Å²) >= 11 is 4.46. The van der Waals surface area contributed by atoms with E-state index in [0.717, 1.165) is 0 Å². The molecule has 0 aliphatic heterocycles. The van der Waals surface area contributed by atoms with Gasteiger partial charge in [0.05, 0.1) is 5.92 Å². The van der Waals surface area contributed by atoms with Crippen LogP contribution in [0.5, 0.6) is 0 Å². The summed E-state index contributed by atoms with van der Waals surface area (Å²) in [7, 11) is -3.54. The fourth-order valence-electron chi connectivity index (χ4n) is 1.66. The summed E-state index contributed by atoms with van der Waals surface area (Å²) in [6.45, 7) is 0. The Bertz CT molecular complexity index is 533. The van der Waals surface area contributed by atoms with Crippen molar-refractivity contribution in [3.05, 3.63) is 15.2 Å². The molecular weight excluding hydrogens is 330 g/mol. The smallest absolute Gasteiger partial charge is 0.306 e. The van der Waals surface area contributed by atoms with Crippen LogP contribution < -0.4 is 4.72 Å². The summed E-state index contributed by atoms with van der Waals surface area (Å²) in [5.74, 6) is -1.29. The lowest BCUT2D eigenvalue weighted by Crippen LogP contribution is -2.46. The highest BCUT2D eigenvalue weighted by molar-refractivity contribution is 9.10. The molecule has 1 aromatic rings. The van der Waals surface area contributed by atoms with Gasteiger partial charge in [0.25, 0.3) is 0 Å². The van der Waals surface area contributed by atoms with Crippen LogP contribution in [-0.2, 0) is 14.8 Å². The number of sulfonamides is 1. The van der Waals surface area contributed by atoms with Crippen molar-refractivity contribution in [2.75, 3.05) is 0 Å². The van der Waals surface area contributed by atoms with E-state index < -0.39 is 21.9 Å². The average molecular weight is 340 g/mol. The normalized spacial score (nSPS) is 24.3. The van der Waals surface area contributed by atoms with Crippen molar-refractivity contribution >= 4 is 43.3 Å². The first-order valence-electron chi connectivity index (χ1n) is 4.87. The largest absolute Gasteiger partial charge is 0.481 e. The van der Waals surface area contributed by atoms with Gasteiger partial charge in [-0.05, 0) is 28.8 Å². The fourth-order valence-corrected chi connectivity index (χ4v) is 5.28. The highest BCUT2D eigenvalue weighted by Crippen LogP contribution is 2.31. The molecule has 1 aliphatic carbocycles. The number of carboxylic acids is 1. The molecule has 0 amide bonds. The second kappa shape index (κ2) is 4.68. The fraction of sp³-hybridized carbons (Fsp3) is 0.444. The molecule has 0 spiro atoms. The van der Waals surface area contributed by atoms with Gasteiger partial charge in [0.2, 0.25) is 10.0 Å². The van der Waals surface area contributed by atoms with Gasteiger partial charge in [-0.1, -0.05) is 0 Å². The van der Waals surface area contributed by atoms with E-state index in [4.69, 9.17) is 5.11 Å². The van der Waals surface area contributed by atoms with Gasteiger partial charge in [0.15, 0.2) is 0 Å². The van der Waals surface area contributed by atoms with Crippen LogP contribution >= 0.6 is 27.3 Å². The molecular formula is C9H10BrNO4S2. The molecule has 0 bridgehead atoms. The van der Waals surface area contributed by atoms with Gasteiger partial charge in [-0.15, -0.1) is 11.3 Å². The predicted molar refractivity (Wildman–Crippen MR) is 66.5 cm³/mol. The van der Waals surface area contributed by atoms with E-state index in [9.17, 15) is 13.2 Å². The van der Waals surface area contributed by atoms with Crippen LogP contribution in [0.15, 0.2) is 20.1 Å². The van der Waals surface area contributed by atoms with Crippen molar-refractivity contribution in [2.45, 2.75) is 23.8 Å². The number of rotatable bonds is 4. The molecule has 1 saturated carbocycles. The lowest BCUT2D eigenvalue weighted by atomic mass is 9.81. The van der Waals surface area contributed by atoms with Gasteiger partial charge in [-0.3, -0.25) is 4.79 Å². The highest BCUT2D eigenvalue weighted by Gasteiger charge is 2.37. The number of nitrogens with one attached hydrogen (secondary N) is 1. The number of hydrogen-bond donors (Lipinski definition) is 2. The second-order valence-electron chi connectivity index (χ2n) is 3.91. The zero-order valence-electron chi connectivity index (χ0n) is 8.59. The topological polar surface area (TPSA) is 83.5 Å². The molecule has 1 heterocycles. The molecule has 1 fully saturated rings. The van der Waals surface area contributed by atoms with Gasteiger partial charge in [-0.2, -0.15) is 0 Å². The van der Waals surface area contributed by atoms with Crippen LogP contribution in [0, 0.1) is 5.92 Å². The van der Waals surface area contributed by atoms with E-state index in [1.54, 1.807) is 10.8 Å². The van der Waals surface area contributed by atoms with Crippen LogP contribution in [0.1, 0.15) is 12.8 Å². The Hall–Kier alpha value is -0.440. The maximum absolute atomic E-state index is 11.9. The summed E-state index contributed by atoms with van der Waals surface area (Å²) in [5.41, 5.74) is 0. The van der Waals surface area contributed by atoms with E-state index in [-0.39, 0.29) is 10.9 Å². The Labute approximate surface area is 111 Å². The molecule has 17 heavy (non-hydrogen) atoms. The minimum atomic E-state index is -3.54. The molecule has 0 saturated heterocycles. The first kappa shape index (κ1) is 13.0. The number of hydrogen-bond acceptors (Lipinski definition) is 4. The standard InChI is InChI=1S/C9H10BrNO4S2/c10-7-3-16-4-8(7)17(14,15)11-6-1-5(2-6)9(12)13/h3-6,11H,1-2H2,(H,12,13). The highest BCUT2D eigenvalue weighted by atomic mass is 79.9. The van der Waals surface area contributed by atoms with Crippen molar-refractivity contribution in [1.82, 2.24) is 4.72 Å². The molecule has 5 nitrogen and oxygen atoms in total. The first-order chi connectivity index (χ1) is 7.90. The second-order valence-corrected chi connectivity index (χ2v) is 7.19. The Morgan fingerprint density at radius 3 is 2.59 bits per heavy atom. The van der Waals surface area contributed by atoms with Crippen molar-refractivity contribution in [2.24, 2.45) is 5.92 Å². The monoisotopic (exact) mass is 339 g/mol. The zero-order chi connectivity index (χ0) is 12.6. The lowest BCUT2D eigenvalue weighted by molar-refractivity contribution is -0.145. The SMILES string of the molecule is O=C(O)C1CC(NS(=O)(=O)c2cscc2Br)C1. The minimum absolute atomic E-state index is 0.210. The van der Waals surface area contributed by atoms with Crippen LogP contribution in [0.3, 0.4) is 0 Å². The molecule has 2 N–H and O–H groups in total. The molecule has 0 unspecified atom stereocenters. The van der Waals surface area contributed by atoms with Crippen molar-refractivity contribution in [1.29, 1.82) is 0 Å². The lowest BCUT2D eigenvalue weighted by Gasteiger charge is -2.32. The van der Waals surface area contributed by atoms with E-state index in [2.05, 4.69) is 20.7 Å². The van der Waals surface area contributed by atoms with Gasteiger partial charge in [-0.25, -0.2) is 13.1 Å². The van der Waals surface area contributed by atoms with Crippen molar-refractivity contribution in [3.8, 4) is 0 Å². The van der Waals surface area contributed by atoms with Crippen LogP contribution in [-0.4, -0.2) is 25.5 Å². The maximum Gasteiger partial charge on any atom is 0.306 e. The number of aliphatic carboxylic acids is 1. The van der Waals surface area contributed by atoms with Crippen LogP contribution in [0.25, 0.3) is 0 Å². The Balaban J connectivity index is 2.01. The third-order valence-corrected chi connectivity index (χ3v) is 6.36. The van der Waals surface area contributed by atoms with Crippen molar-refractivity contribution in [3.63, 3.8) is 0 Å². The third-order valence-electron chi connectivity index (χ3n) is 2.68. The summed E-state index contributed by atoms with van der Waals surface area (Å²) in [6, 6.07) is -0.270. The average Bonchev–Trinajstić information content (AvgIpc) is 2.57. The number of carboxylic acid groups (broad SMARTS) is 1. The maximum atomic E-state index is 11.9. The van der Waals surface area contributed by atoms with Gasteiger partial charge in [0.1, 0.15) is 4.90 Å². The number of halogens is 1. The van der Waals surface area contributed by atoms with E-state index in [0.29, 0.717) is 17.3 Å². The van der Waals surface area contributed by atoms with Crippen molar-refractivity contribution < 1.29 is 18.3 Å². The molecule has 2 rings (SSSR count). The quantitative estimate of drug-likeness (QED) is 0.873. The molecule has 0 aromatic carbocycles. The zero-order valence-corrected chi connectivity index (χ0v) is 11.8. The summed E-state index contributed by atoms with van der Waals surface area (Å²) < 4.78 is 26.9. The van der Waals surface area contributed by atoms with Gasteiger partial charge >= 0.3 is 5.97 Å². The summed E-state index contributed by atoms with van der Waals surface area (Å²) in [4.78, 5) is 10.8. The molecule has 1 aromatic heterocycles. The molecule has 0 radical (unpaired) electrons. The number of thiophene rings is 1. The van der Waals surface area contributed by atoms with E-state index >= 15 is 0 Å². The molecule has 0 atom stereocenters. The molecule has 94 valence electrons. The molecule has 1 aliphatic rings. The van der Waals surface area contributed by atoms with Gasteiger partial charge in [0, 0.05) is 21.3 Å². The summed E-state index contributed by atoms with van der Waals surface area (Å²) in [5, 5.41) is 11.9. The predicted octanol–water partition coefficient (Wildman–Crippen LogP) is 1.65. The molecule has 8 heteroatoms. The van der Waals surface area contributed by atoms with E-state index in [1.165, 1.54) is 11.3 Å². The Morgan fingerprint density at radius 1 is 1.47 bits per heavy atom. The first-order valence-corrected chi connectivity index (χ1v) is 8.09. The van der Waals surface area contributed by atoms with Gasteiger partial charge < -0.3 is 5.11 Å². The Morgan fingerprint density at radius 2 is 2.12 bits per heavy atom. The summed E-state index contributed by atoms with van der Waals surface area (Å²) in [6.07, 6.45) is 0.715. The van der Waals surface area contributed by atoms with Crippen LogP contribution in [0.4, 0.5) is 0 Å². The third kappa shape index (κ3) is 2.70. The Kier molecular flexibility index (Phi) is 3.58. The number of carbonyl (C=O) groups is 1. The van der Waals surface area contributed by atoms with Crippen LogP contribution in [0.2, 0.25) is 0 Å². The van der Waals surface area contributed by atoms with E-state index in [1.807, 2.05) is 0 Å². The minimum Gasteiger partial charge on any atom is -0.481 e.